The van der Waals surface area contributed by atoms with Crippen molar-refractivity contribution in [2.45, 2.75) is 31.8 Å². The highest BCUT2D eigenvalue weighted by Gasteiger charge is 2.23. The molecule has 0 bridgehead atoms. The maximum atomic E-state index is 5.79. The summed E-state index contributed by atoms with van der Waals surface area (Å²) in [6, 6.07) is 4.91. The highest BCUT2D eigenvalue weighted by atomic mass is 79.9. The number of imidazole rings is 1. The first-order valence-corrected chi connectivity index (χ1v) is 7.80. The van der Waals surface area contributed by atoms with Gasteiger partial charge in [-0.1, -0.05) is 15.9 Å². The molecule has 1 fully saturated rings. The van der Waals surface area contributed by atoms with Gasteiger partial charge in [-0.2, -0.15) is 0 Å². The van der Waals surface area contributed by atoms with Crippen LogP contribution < -0.4 is 10.1 Å². The lowest BCUT2D eigenvalue weighted by molar-refractivity contribution is 0.352. The average molecular weight is 334 g/mol. The maximum absolute atomic E-state index is 5.79. The van der Waals surface area contributed by atoms with E-state index in [4.69, 9.17) is 4.74 Å². The molecule has 2 heterocycles. The minimum atomic E-state index is 0.612. The first kappa shape index (κ1) is 12.3. The summed E-state index contributed by atoms with van der Waals surface area (Å²) >= 11 is 3.59. The zero-order valence-electron chi connectivity index (χ0n) is 11.1. The van der Waals surface area contributed by atoms with Crippen LogP contribution in [0, 0.1) is 0 Å². The molecule has 2 aliphatic rings. The highest BCUT2D eigenvalue weighted by molar-refractivity contribution is 9.10. The lowest BCUT2D eigenvalue weighted by Crippen LogP contribution is -2.10. The van der Waals surface area contributed by atoms with E-state index in [0.717, 1.165) is 35.7 Å². The van der Waals surface area contributed by atoms with Crippen molar-refractivity contribution in [2.75, 3.05) is 11.9 Å². The molecular weight excluding hydrogens is 318 g/mol. The maximum Gasteiger partial charge on any atom is 0.203 e. The summed E-state index contributed by atoms with van der Waals surface area (Å²) in [5.41, 5.74) is 2.51. The number of halogens is 1. The first-order valence-electron chi connectivity index (χ1n) is 7.01. The summed E-state index contributed by atoms with van der Waals surface area (Å²) in [6.45, 7) is 1.58. The smallest absolute Gasteiger partial charge is 0.203 e. The molecule has 2 aromatic rings. The van der Waals surface area contributed by atoms with E-state index in [9.17, 15) is 0 Å². The van der Waals surface area contributed by atoms with Crippen LogP contribution in [-0.4, -0.2) is 22.2 Å². The van der Waals surface area contributed by atoms with Crippen LogP contribution in [0.25, 0.3) is 0 Å². The van der Waals surface area contributed by atoms with E-state index in [0.29, 0.717) is 6.04 Å². The average Bonchev–Trinajstić information content (AvgIpc) is 2.93. The Morgan fingerprint density at radius 2 is 2.30 bits per heavy atom. The van der Waals surface area contributed by atoms with Gasteiger partial charge in [0, 0.05) is 34.9 Å². The fraction of sp³-hybridized carbons (Fsp3) is 0.400. The molecule has 20 heavy (non-hydrogen) atoms. The van der Waals surface area contributed by atoms with E-state index >= 15 is 0 Å². The Hall–Kier alpha value is -1.49. The molecule has 1 aromatic carbocycles. The van der Waals surface area contributed by atoms with Crippen LogP contribution in [0.15, 0.2) is 29.0 Å². The van der Waals surface area contributed by atoms with Gasteiger partial charge in [0.05, 0.1) is 13.2 Å². The number of nitrogens with one attached hydrogen (secondary N) is 1. The molecular formula is C15H16BrN3O. The fourth-order valence-corrected chi connectivity index (χ4v) is 3.19. The molecule has 4 nitrogen and oxygen atoms in total. The van der Waals surface area contributed by atoms with Crippen molar-refractivity contribution in [2.24, 2.45) is 0 Å². The highest BCUT2D eigenvalue weighted by Crippen LogP contribution is 2.34. The van der Waals surface area contributed by atoms with Gasteiger partial charge in [0.1, 0.15) is 5.75 Å². The van der Waals surface area contributed by atoms with Crippen LogP contribution in [-0.2, 0) is 13.0 Å². The number of hydrogen-bond donors (Lipinski definition) is 1. The van der Waals surface area contributed by atoms with Gasteiger partial charge < -0.3 is 14.6 Å². The minimum Gasteiger partial charge on any atom is -0.493 e. The Morgan fingerprint density at radius 3 is 3.15 bits per heavy atom. The minimum absolute atomic E-state index is 0.612. The Morgan fingerprint density at radius 1 is 1.40 bits per heavy atom. The third-order valence-corrected chi connectivity index (χ3v) is 4.25. The van der Waals surface area contributed by atoms with Crippen molar-refractivity contribution in [1.82, 2.24) is 9.55 Å². The molecule has 5 heteroatoms. The molecule has 1 N–H and O–H groups in total. The van der Waals surface area contributed by atoms with E-state index < -0.39 is 0 Å². The molecule has 4 rings (SSSR count). The topological polar surface area (TPSA) is 39.1 Å². The van der Waals surface area contributed by atoms with Crippen molar-refractivity contribution in [3.05, 3.63) is 40.1 Å². The van der Waals surface area contributed by atoms with Crippen LogP contribution in [0.4, 0.5) is 5.95 Å². The second-order valence-corrected chi connectivity index (χ2v) is 6.36. The van der Waals surface area contributed by atoms with E-state index in [2.05, 4.69) is 42.9 Å². The molecule has 0 amide bonds. The summed E-state index contributed by atoms with van der Waals surface area (Å²) in [7, 11) is 0. The lowest BCUT2D eigenvalue weighted by atomic mass is 10.1. The van der Waals surface area contributed by atoms with Crippen LogP contribution in [0.2, 0.25) is 0 Å². The normalized spacial score (nSPS) is 16.9. The van der Waals surface area contributed by atoms with Gasteiger partial charge in [-0.3, -0.25) is 0 Å². The number of hydrogen-bond acceptors (Lipinski definition) is 3. The SMILES string of the molecule is Brc1cc2c(c(Cn3ccnc3NC3CC3)c1)OCC2. The predicted molar refractivity (Wildman–Crippen MR) is 81.3 cm³/mol. The van der Waals surface area contributed by atoms with Gasteiger partial charge in [0.25, 0.3) is 0 Å². The van der Waals surface area contributed by atoms with Crippen LogP contribution in [0.3, 0.4) is 0 Å². The molecule has 0 saturated heterocycles. The van der Waals surface area contributed by atoms with Gasteiger partial charge in [-0.05, 0) is 30.5 Å². The van der Waals surface area contributed by atoms with Gasteiger partial charge in [0.2, 0.25) is 5.95 Å². The second kappa shape index (κ2) is 4.81. The Bertz CT molecular complexity index is 649. The van der Waals surface area contributed by atoms with E-state index in [1.165, 1.54) is 24.0 Å². The summed E-state index contributed by atoms with van der Waals surface area (Å²) < 4.78 is 9.07. The van der Waals surface area contributed by atoms with Crippen LogP contribution in [0.5, 0.6) is 5.75 Å². The van der Waals surface area contributed by atoms with E-state index in [-0.39, 0.29) is 0 Å². The van der Waals surface area contributed by atoms with Gasteiger partial charge >= 0.3 is 0 Å². The molecule has 1 aliphatic heterocycles. The number of benzene rings is 1. The van der Waals surface area contributed by atoms with Crippen molar-refractivity contribution < 1.29 is 4.74 Å². The molecule has 0 unspecified atom stereocenters. The number of fused-ring (bicyclic) bond motifs is 1. The molecule has 1 aromatic heterocycles. The standard InChI is InChI=1S/C15H16BrN3O/c16-12-7-10-3-6-20-14(10)11(8-12)9-19-5-4-17-15(19)18-13-1-2-13/h4-5,7-8,13H,1-3,6,9H2,(H,17,18). The van der Waals surface area contributed by atoms with Gasteiger partial charge in [0.15, 0.2) is 0 Å². The molecule has 104 valence electrons. The van der Waals surface area contributed by atoms with Crippen molar-refractivity contribution in [1.29, 1.82) is 0 Å². The number of aromatic nitrogens is 2. The monoisotopic (exact) mass is 333 g/mol. The zero-order valence-corrected chi connectivity index (χ0v) is 12.7. The van der Waals surface area contributed by atoms with Gasteiger partial charge in [-0.25, -0.2) is 4.98 Å². The van der Waals surface area contributed by atoms with Crippen LogP contribution in [0.1, 0.15) is 24.0 Å². The number of nitrogens with zero attached hydrogens (tertiary/aromatic N) is 2. The molecule has 0 spiro atoms. The predicted octanol–water partition coefficient (Wildman–Crippen LogP) is 3.20. The molecule has 1 aliphatic carbocycles. The van der Waals surface area contributed by atoms with Gasteiger partial charge in [-0.15, -0.1) is 0 Å². The molecule has 1 saturated carbocycles. The summed E-state index contributed by atoms with van der Waals surface area (Å²) in [5.74, 6) is 2.01. The Kier molecular flexibility index (Phi) is 2.95. The van der Waals surface area contributed by atoms with Crippen LogP contribution >= 0.6 is 15.9 Å². The van der Waals surface area contributed by atoms with E-state index in [1.54, 1.807) is 0 Å². The van der Waals surface area contributed by atoms with Crippen molar-refractivity contribution in [3.63, 3.8) is 0 Å². The molecule has 0 atom stereocenters. The summed E-state index contributed by atoms with van der Waals surface area (Å²) in [4.78, 5) is 4.41. The number of ether oxygens (including phenoxy) is 1. The quantitative estimate of drug-likeness (QED) is 0.933. The summed E-state index contributed by atoms with van der Waals surface area (Å²) in [6.07, 6.45) is 7.38. The van der Waals surface area contributed by atoms with Crippen molar-refractivity contribution in [3.8, 4) is 5.75 Å². The zero-order chi connectivity index (χ0) is 13.5. The Labute approximate surface area is 126 Å². The first-order chi connectivity index (χ1) is 9.79. The lowest BCUT2D eigenvalue weighted by Gasteiger charge is -2.12. The second-order valence-electron chi connectivity index (χ2n) is 5.45. The third-order valence-electron chi connectivity index (χ3n) is 3.79. The fourth-order valence-electron chi connectivity index (χ4n) is 2.63. The Balaban J connectivity index is 1.64. The third kappa shape index (κ3) is 2.30. The van der Waals surface area contributed by atoms with Crippen molar-refractivity contribution >= 4 is 21.9 Å². The van der Waals surface area contributed by atoms with E-state index in [1.807, 2.05) is 12.4 Å². The largest absolute Gasteiger partial charge is 0.493 e. The summed E-state index contributed by atoms with van der Waals surface area (Å²) in [5, 5.41) is 3.47. The number of rotatable bonds is 4. The molecule has 0 radical (unpaired) electrons. The number of anilines is 1.